The van der Waals surface area contributed by atoms with E-state index >= 15 is 0 Å². The van der Waals surface area contributed by atoms with Gasteiger partial charge in [0.1, 0.15) is 6.04 Å². The smallest absolute Gasteiger partial charge is 0.350 e. The lowest BCUT2D eigenvalue weighted by molar-refractivity contribution is -0.183. The number of hydrogen-bond acceptors (Lipinski definition) is 4. The van der Waals surface area contributed by atoms with Crippen molar-refractivity contribution in [1.29, 1.82) is 0 Å². The third kappa shape index (κ3) is 4.35. The van der Waals surface area contributed by atoms with Gasteiger partial charge < -0.3 is 10.6 Å². The van der Waals surface area contributed by atoms with Crippen LogP contribution < -0.4 is 10.6 Å². The molecule has 1 aromatic rings. The van der Waals surface area contributed by atoms with Crippen molar-refractivity contribution in [3.63, 3.8) is 0 Å². The van der Waals surface area contributed by atoms with Gasteiger partial charge >= 0.3 is 6.18 Å². The highest BCUT2D eigenvalue weighted by Gasteiger charge is 2.44. The first-order valence-electron chi connectivity index (χ1n) is 8.75. The summed E-state index contributed by atoms with van der Waals surface area (Å²) >= 11 is 1.55. The summed E-state index contributed by atoms with van der Waals surface area (Å²) in [5.74, 6) is 0.223. The quantitative estimate of drug-likeness (QED) is 0.850. The molecule has 1 amide bonds. The topological polar surface area (TPSA) is 44.4 Å². The largest absolute Gasteiger partial charge is 0.405 e. The van der Waals surface area contributed by atoms with Gasteiger partial charge in [-0.3, -0.25) is 9.69 Å². The average molecular weight is 375 g/mol. The zero-order chi connectivity index (χ0) is 18.0. The van der Waals surface area contributed by atoms with Crippen molar-refractivity contribution in [1.82, 2.24) is 15.5 Å². The lowest BCUT2D eigenvalue weighted by Gasteiger charge is -2.35. The number of halogens is 3. The first-order chi connectivity index (χ1) is 11.9. The Balaban J connectivity index is 1.66. The van der Waals surface area contributed by atoms with Gasteiger partial charge in [0.25, 0.3) is 5.91 Å². The Morgan fingerprint density at radius 1 is 1.44 bits per heavy atom. The van der Waals surface area contributed by atoms with E-state index in [9.17, 15) is 18.0 Å². The third-order valence-electron chi connectivity index (χ3n) is 5.07. The van der Waals surface area contributed by atoms with Crippen molar-refractivity contribution in [2.24, 2.45) is 5.92 Å². The molecule has 1 aliphatic heterocycles. The number of nitrogens with zero attached hydrogens (tertiary/aromatic N) is 1. The molecule has 1 fully saturated rings. The van der Waals surface area contributed by atoms with Crippen LogP contribution in [-0.2, 0) is 12.8 Å². The van der Waals surface area contributed by atoms with E-state index in [1.807, 2.05) is 0 Å². The van der Waals surface area contributed by atoms with Gasteiger partial charge in [-0.2, -0.15) is 13.2 Å². The number of hydrogen-bond donors (Lipinski definition) is 2. The van der Waals surface area contributed by atoms with Crippen molar-refractivity contribution < 1.29 is 18.0 Å². The molecule has 2 N–H and O–H groups in total. The van der Waals surface area contributed by atoms with Crippen LogP contribution in [0.3, 0.4) is 0 Å². The van der Waals surface area contributed by atoms with Crippen LogP contribution in [0.2, 0.25) is 0 Å². The number of fused-ring (bicyclic) bond motifs is 1. The Hall–Kier alpha value is -1.12. The fraction of sp³-hybridized carbons (Fsp3) is 0.706. The van der Waals surface area contributed by atoms with Crippen LogP contribution in [0, 0.1) is 5.92 Å². The summed E-state index contributed by atoms with van der Waals surface area (Å²) in [6.45, 7) is 3.54. The molecule has 1 saturated heterocycles. The third-order valence-corrected chi connectivity index (χ3v) is 6.12. The number of carbonyl (C=O) groups is 1. The zero-order valence-corrected chi connectivity index (χ0v) is 15.1. The summed E-state index contributed by atoms with van der Waals surface area (Å²) < 4.78 is 40.2. The van der Waals surface area contributed by atoms with Crippen molar-refractivity contribution in [2.45, 2.75) is 38.4 Å². The Labute approximate surface area is 149 Å². The molecule has 1 aromatic heterocycles. The molecule has 3 rings (SSSR count). The minimum absolute atomic E-state index is 0.339. The molecule has 2 heterocycles. The highest BCUT2D eigenvalue weighted by molar-refractivity contribution is 7.10. The standard InChI is InChI=1S/C17H24F3N3OS/c1-11-2-3-12-13(10-25-14(12)8-11)16(24)22-9-15(17(18,19)20)23-6-4-21-5-7-23/h10-11,15,21H,2-9H2,1H3,(H,22,24). The number of carbonyl (C=O) groups excluding carboxylic acids is 1. The molecular formula is C17H24F3N3OS. The van der Waals surface area contributed by atoms with E-state index in [4.69, 9.17) is 0 Å². The first-order valence-corrected chi connectivity index (χ1v) is 9.63. The normalized spacial score (nSPS) is 23.1. The van der Waals surface area contributed by atoms with Crippen molar-refractivity contribution in [3.8, 4) is 0 Å². The van der Waals surface area contributed by atoms with E-state index in [0.29, 0.717) is 37.7 Å². The minimum Gasteiger partial charge on any atom is -0.350 e. The maximum atomic E-state index is 13.4. The van der Waals surface area contributed by atoms with Gasteiger partial charge in [-0.25, -0.2) is 0 Å². The summed E-state index contributed by atoms with van der Waals surface area (Å²) in [7, 11) is 0. The average Bonchev–Trinajstić information content (AvgIpc) is 2.97. The van der Waals surface area contributed by atoms with Crippen LogP contribution in [0.1, 0.15) is 34.1 Å². The summed E-state index contributed by atoms with van der Waals surface area (Å²) in [4.78, 5) is 15.1. The second-order valence-electron chi connectivity index (χ2n) is 6.95. The van der Waals surface area contributed by atoms with E-state index in [-0.39, 0.29) is 5.91 Å². The predicted molar refractivity (Wildman–Crippen MR) is 92.1 cm³/mol. The van der Waals surface area contributed by atoms with Crippen molar-refractivity contribution in [2.75, 3.05) is 32.7 Å². The monoisotopic (exact) mass is 375 g/mol. The molecular weight excluding hydrogens is 351 g/mol. The van der Waals surface area contributed by atoms with Gasteiger partial charge in [-0.05, 0) is 30.7 Å². The van der Waals surface area contributed by atoms with Gasteiger partial charge in [-0.1, -0.05) is 6.92 Å². The highest BCUT2D eigenvalue weighted by atomic mass is 32.1. The highest BCUT2D eigenvalue weighted by Crippen LogP contribution is 2.33. The molecule has 2 unspecified atom stereocenters. The van der Waals surface area contributed by atoms with Crippen LogP contribution in [-0.4, -0.2) is 55.7 Å². The fourth-order valence-electron chi connectivity index (χ4n) is 3.60. The lowest BCUT2D eigenvalue weighted by atomic mass is 9.88. The molecule has 4 nitrogen and oxygen atoms in total. The molecule has 140 valence electrons. The summed E-state index contributed by atoms with van der Waals surface area (Å²) in [6, 6.07) is -1.63. The molecule has 25 heavy (non-hydrogen) atoms. The molecule has 0 saturated carbocycles. The van der Waals surface area contributed by atoms with Gasteiger partial charge in [0.15, 0.2) is 0 Å². The van der Waals surface area contributed by atoms with Gasteiger partial charge in [0.05, 0.1) is 5.56 Å². The predicted octanol–water partition coefficient (Wildman–Crippen LogP) is 2.44. The maximum Gasteiger partial charge on any atom is 0.405 e. The lowest BCUT2D eigenvalue weighted by Crippen LogP contribution is -2.57. The van der Waals surface area contributed by atoms with Crippen LogP contribution in [0.4, 0.5) is 13.2 Å². The van der Waals surface area contributed by atoms with E-state index in [0.717, 1.165) is 24.8 Å². The number of rotatable bonds is 4. The number of amides is 1. The molecule has 2 atom stereocenters. The van der Waals surface area contributed by atoms with Crippen LogP contribution >= 0.6 is 11.3 Å². The number of nitrogens with one attached hydrogen (secondary N) is 2. The number of thiophene rings is 1. The molecule has 0 aromatic carbocycles. The first kappa shape index (κ1) is 18.7. The van der Waals surface area contributed by atoms with E-state index < -0.39 is 18.8 Å². The Kier molecular flexibility index (Phi) is 5.70. The number of piperazine rings is 1. The second kappa shape index (κ2) is 7.63. The van der Waals surface area contributed by atoms with E-state index in [1.165, 1.54) is 9.78 Å². The SMILES string of the molecule is CC1CCc2c(C(=O)NCC(N3CCNCC3)C(F)(F)F)csc2C1. The van der Waals surface area contributed by atoms with Gasteiger partial charge in [-0.15, -0.1) is 11.3 Å². The molecule has 0 bridgehead atoms. The van der Waals surface area contributed by atoms with Crippen LogP contribution in [0.15, 0.2) is 5.38 Å². The molecule has 8 heteroatoms. The Morgan fingerprint density at radius 3 is 2.84 bits per heavy atom. The molecule has 0 spiro atoms. The minimum atomic E-state index is -4.35. The molecule has 2 aliphatic rings. The van der Waals surface area contributed by atoms with E-state index in [1.54, 1.807) is 16.7 Å². The Morgan fingerprint density at radius 2 is 2.16 bits per heavy atom. The summed E-state index contributed by atoms with van der Waals surface area (Å²) in [5.41, 5.74) is 1.60. The maximum absolute atomic E-state index is 13.4. The fourth-order valence-corrected chi connectivity index (χ4v) is 4.84. The van der Waals surface area contributed by atoms with E-state index in [2.05, 4.69) is 17.6 Å². The van der Waals surface area contributed by atoms with Crippen molar-refractivity contribution >= 4 is 17.2 Å². The second-order valence-corrected chi connectivity index (χ2v) is 7.92. The summed E-state index contributed by atoms with van der Waals surface area (Å²) in [5, 5.41) is 7.38. The van der Waals surface area contributed by atoms with Crippen molar-refractivity contribution in [3.05, 3.63) is 21.4 Å². The van der Waals surface area contributed by atoms with Crippen LogP contribution in [0.5, 0.6) is 0 Å². The molecule has 0 radical (unpaired) electrons. The molecule has 1 aliphatic carbocycles. The number of alkyl halides is 3. The summed E-state index contributed by atoms with van der Waals surface area (Å²) in [6.07, 6.45) is -1.54. The zero-order valence-electron chi connectivity index (χ0n) is 14.3. The Bertz CT molecular complexity index is 611. The van der Waals surface area contributed by atoms with Crippen LogP contribution in [0.25, 0.3) is 0 Å². The van der Waals surface area contributed by atoms with Gasteiger partial charge in [0.2, 0.25) is 0 Å². The van der Waals surface area contributed by atoms with Gasteiger partial charge in [0, 0.05) is 43.0 Å².